The monoisotopic (exact) mass is 516 g/mol. The SMILES string of the molecule is CC(C)CCNC(=O)[C@H](c1ccc(O)cc1)N(C(=O)Cn1nnc(-c2ccc(F)cc2)n1)c1ccccc1. The van der Waals surface area contributed by atoms with E-state index in [2.05, 4.69) is 34.6 Å². The van der Waals surface area contributed by atoms with Crippen LogP contribution in [-0.4, -0.2) is 43.7 Å². The molecule has 0 spiro atoms. The average Bonchev–Trinajstić information content (AvgIpc) is 3.36. The van der Waals surface area contributed by atoms with Gasteiger partial charge < -0.3 is 10.4 Å². The number of benzene rings is 3. The zero-order valence-corrected chi connectivity index (χ0v) is 21.2. The third-order valence-electron chi connectivity index (χ3n) is 5.87. The lowest BCUT2D eigenvalue weighted by atomic mass is 10.0. The first-order chi connectivity index (χ1) is 18.3. The fourth-order valence-electron chi connectivity index (χ4n) is 3.90. The number of aromatic nitrogens is 4. The lowest BCUT2D eigenvalue weighted by Gasteiger charge is -2.31. The largest absolute Gasteiger partial charge is 0.508 e. The summed E-state index contributed by atoms with van der Waals surface area (Å²) in [5.74, 6) is -0.510. The number of tetrazole rings is 1. The minimum absolute atomic E-state index is 0.0467. The Labute approximate surface area is 219 Å². The summed E-state index contributed by atoms with van der Waals surface area (Å²) in [6.45, 7) is 4.29. The van der Waals surface area contributed by atoms with Crippen molar-refractivity contribution in [2.24, 2.45) is 5.92 Å². The Hall–Kier alpha value is -4.60. The Morgan fingerprint density at radius 2 is 1.68 bits per heavy atom. The predicted octanol–water partition coefficient (Wildman–Crippen LogP) is 4.12. The molecule has 2 N–H and O–H groups in total. The van der Waals surface area contributed by atoms with Crippen molar-refractivity contribution < 1.29 is 19.1 Å². The minimum atomic E-state index is -1.02. The molecule has 10 heteroatoms. The number of rotatable bonds is 10. The van der Waals surface area contributed by atoms with E-state index in [0.717, 1.165) is 11.2 Å². The molecule has 9 nitrogen and oxygen atoms in total. The number of phenolic OH excluding ortho intramolecular Hbond substituents is 1. The Kier molecular flexibility index (Phi) is 8.42. The van der Waals surface area contributed by atoms with Gasteiger partial charge in [-0.25, -0.2) is 4.39 Å². The van der Waals surface area contributed by atoms with Gasteiger partial charge in [-0.05, 0) is 71.6 Å². The van der Waals surface area contributed by atoms with E-state index < -0.39 is 11.9 Å². The number of nitrogens with zero attached hydrogens (tertiary/aromatic N) is 5. The van der Waals surface area contributed by atoms with Crippen molar-refractivity contribution in [1.82, 2.24) is 25.5 Å². The maximum atomic E-state index is 13.8. The van der Waals surface area contributed by atoms with Gasteiger partial charge in [-0.3, -0.25) is 14.5 Å². The van der Waals surface area contributed by atoms with Crippen molar-refractivity contribution in [2.75, 3.05) is 11.4 Å². The minimum Gasteiger partial charge on any atom is -0.508 e. The molecule has 2 amide bonds. The van der Waals surface area contributed by atoms with E-state index in [1.165, 1.54) is 41.3 Å². The number of carbonyl (C=O) groups is 2. The number of aromatic hydroxyl groups is 1. The van der Waals surface area contributed by atoms with Crippen LogP contribution in [0.15, 0.2) is 78.9 Å². The van der Waals surface area contributed by atoms with E-state index in [1.807, 2.05) is 6.07 Å². The molecule has 0 bridgehead atoms. The molecule has 0 saturated carbocycles. The molecule has 0 aliphatic rings. The summed E-state index contributed by atoms with van der Waals surface area (Å²) in [6, 6.07) is 19.7. The quantitative estimate of drug-likeness (QED) is 0.328. The Balaban J connectivity index is 1.67. The number of para-hydroxylation sites is 1. The number of halogens is 1. The van der Waals surface area contributed by atoms with E-state index in [-0.39, 0.29) is 29.8 Å². The molecule has 0 unspecified atom stereocenters. The van der Waals surface area contributed by atoms with Crippen LogP contribution in [0.25, 0.3) is 11.4 Å². The molecule has 0 aliphatic heterocycles. The van der Waals surface area contributed by atoms with E-state index in [4.69, 9.17) is 0 Å². The van der Waals surface area contributed by atoms with Crippen molar-refractivity contribution in [3.8, 4) is 17.1 Å². The summed E-state index contributed by atoms with van der Waals surface area (Å²) >= 11 is 0. The van der Waals surface area contributed by atoms with Gasteiger partial charge in [0.1, 0.15) is 24.2 Å². The highest BCUT2D eigenvalue weighted by molar-refractivity contribution is 6.01. The number of nitrogens with one attached hydrogen (secondary N) is 1. The van der Waals surface area contributed by atoms with Crippen molar-refractivity contribution >= 4 is 17.5 Å². The van der Waals surface area contributed by atoms with Crippen molar-refractivity contribution in [3.63, 3.8) is 0 Å². The topological polar surface area (TPSA) is 113 Å². The molecule has 1 heterocycles. The molecule has 4 aromatic rings. The van der Waals surface area contributed by atoms with Gasteiger partial charge in [-0.2, -0.15) is 4.80 Å². The van der Waals surface area contributed by atoms with Gasteiger partial charge >= 0.3 is 0 Å². The number of carbonyl (C=O) groups excluding carboxylic acids is 2. The molecule has 1 atom stereocenters. The number of hydrogen-bond acceptors (Lipinski definition) is 6. The fraction of sp³-hybridized carbons (Fsp3) is 0.250. The van der Waals surface area contributed by atoms with Crippen LogP contribution in [-0.2, 0) is 16.1 Å². The molecule has 0 saturated heterocycles. The van der Waals surface area contributed by atoms with Crippen LogP contribution in [0, 0.1) is 11.7 Å². The zero-order valence-electron chi connectivity index (χ0n) is 21.2. The molecule has 196 valence electrons. The average molecular weight is 517 g/mol. The van der Waals surface area contributed by atoms with Gasteiger partial charge in [-0.15, -0.1) is 10.2 Å². The number of amides is 2. The summed E-state index contributed by atoms with van der Waals surface area (Å²) in [6.07, 6.45) is 0.780. The third-order valence-corrected chi connectivity index (χ3v) is 5.87. The lowest BCUT2D eigenvalue weighted by Crippen LogP contribution is -2.45. The first kappa shape index (κ1) is 26.5. The zero-order chi connectivity index (χ0) is 27.1. The standard InChI is InChI=1S/C28H29FN6O3/c1-19(2)16-17-30-28(38)26(20-10-14-24(36)15-11-20)35(23-6-4-3-5-7-23)25(37)18-34-32-27(31-33-34)21-8-12-22(29)13-9-21/h3-15,19,26,36H,16-18H2,1-2H3,(H,30,38)/t26-/m0/s1. The first-order valence-electron chi connectivity index (χ1n) is 12.3. The third kappa shape index (κ3) is 6.58. The van der Waals surface area contributed by atoms with Gasteiger partial charge in [0.05, 0.1) is 0 Å². The van der Waals surface area contributed by atoms with Gasteiger partial charge in [0, 0.05) is 17.8 Å². The molecule has 38 heavy (non-hydrogen) atoms. The number of hydrogen-bond donors (Lipinski definition) is 2. The second-order valence-corrected chi connectivity index (χ2v) is 9.22. The molecule has 4 rings (SSSR count). The predicted molar refractivity (Wildman–Crippen MR) is 140 cm³/mol. The van der Waals surface area contributed by atoms with E-state index in [9.17, 15) is 19.1 Å². The summed E-state index contributed by atoms with van der Waals surface area (Å²) in [7, 11) is 0. The number of phenols is 1. The van der Waals surface area contributed by atoms with Crippen LogP contribution in [0.1, 0.15) is 31.9 Å². The van der Waals surface area contributed by atoms with E-state index >= 15 is 0 Å². The Morgan fingerprint density at radius 1 is 1.00 bits per heavy atom. The highest BCUT2D eigenvalue weighted by atomic mass is 19.1. The first-order valence-corrected chi connectivity index (χ1v) is 12.3. The summed E-state index contributed by atoms with van der Waals surface area (Å²) < 4.78 is 13.3. The van der Waals surface area contributed by atoms with Crippen LogP contribution in [0.4, 0.5) is 10.1 Å². The highest BCUT2D eigenvalue weighted by Gasteiger charge is 2.33. The Morgan fingerprint density at radius 3 is 2.34 bits per heavy atom. The summed E-state index contributed by atoms with van der Waals surface area (Å²) in [5, 5.41) is 25.0. The second kappa shape index (κ2) is 12.1. The Bertz CT molecular complexity index is 1360. The van der Waals surface area contributed by atoms with Crippen molar-refractivity contribution in [1.29, 1.82) is 0 Å². The van der Waals surface area contributed by atoms with Crippen LogP contribution in [0.2, 0.25) is 0 Å². The van der Waals surface area contributed by atoms with Gasteiger partial charge in [0.15, 0.2) is 0 Å². The molecule has 0 radical (unpaired) electrons. The van der Waals surface area contributed by atoms with Crippen molar-refractivity contribution in [2.45, 2.75) is 32.9 Å². The van der Waals surface area contributed by atoms with Crippen LogP contribution in [0.5, 0.6) is 5.75 Å². The summed E-state index contributed by atoms with van der Waals surface area (Å²) in [4.78, 5) is 29.9. The fourth-order valence-corrected chi connectivity index (χ4v) is 3.90. The van der Waals surface area contributed by atoms with E-state index in [0.29, 0.717) is 29.3 Å². The molecular formula is C28H29FN6O3. The van der Waals surface area contributed by atoms with Gasteiger partial charge in [-0.1, -0.05) is 44.2 Å². The molecule has 3 aromatic carbocycles. The van der Waals surface area contributed by atoms with Crippen LogP contribution >= 0.6 is 0 Å². The van der Waals surface area contributed by atoms with Crippen molar-refractivity contribution in [3.05, 3.63) is 90.2 Å². The molecular weight excluding hydrogens is 487 g/mol. The normalized spacial score (nSPS) is 11.8. The maximum Gasteiger partial charge on any atom is 0.251 e. The highest BCUT2D eigenvalue weighted by Crippen LogP contribution is 2.29. The van der Waals surface area contributed by atoms with Gasteiger partial charge in [0.25, 0.3) is 5.91 Å². The van der Waals surface area contributed by atoms with E-state index in [1.54, 1.807) is 36.4 Å². The molecule has 1 aromatic heterocycles. The van der Waals surface area contributed by atoms with Gasteiger partial charge in [0.2, 0.25) is 11.7 Å². The maximum absolute atomic E-state index is 13.8. The van der Waals surface area contributed by atoms with Crippen LogP contribution in [0.3, 0.4) is 0 Å². The molecule has 0 aliphatic carbocycles. The molecule has 0 fully saturated rings. The summed E-state index contributed by atoms with van der Waals surface area (Å²) in [5.41, 5.74) is 1.59. The van der Waals surface area contributed by atoms with Crippen LogP contribution < -0.4 is 10.2 Å². The second-order valence-electron chi connectivity index (χ2n) is 9.22. The lowest BCUT2D eigenvalue weighted by molar-refractivity contribution is -0.127. The number of anilines is 1. The smallest absolute Gasteiger partial charge is 0.251 e.